The van der Waals surface area contributed by atoms with E-state index in [0.717, 1.165) is 11.3 Å². The van der Waals surface area contributed by atoms with Gasteiger partial charge in [-0.3, -0.25) is 4.99 Å². The van der Waals surface area contributed by atoms with Crippen molar-refractivity contribution in [3.05, 3.63) is 65.7 Å². The largest absolute Gasteiger partial charge is 0.380 e. The second-order valence-corrected chi connectivity index (χ2v) is 5.83. The number of anilines is 1. The van der Waals surface area contributed by atoms with Crippen molar-refractivity contribution in [3.63, 3.8) is 0 Å². The van der Waals surface area contributed by atoms with E-state index < -0.39 is 0 Å². The minimum atomic E-state index is 0.181. The van der Waals surface area contributed by atoms with E-state index in [4.69, 9.17) is 10.5 Å². The number of ether oxygens (including phenoxy) is 1. The van der Waals surface area contributed by atoms with Gasteiger partial charge in [0.25, 0.3) is 0 Å². The number of para-hydroxylation sites is 1. The molecule has 0 heterocycles. The van der Waals surface area contributed by atoms with Crippen molar-refractivity contribution in [3.8, 4) is 0 Å². The molecule has 0 fully saturated rings. The van der Waals surface area contributed by atoms with Gasteiger partial charge in [-0.2, -0.15) is 0 Å². The van der Waals surface area contributed by atoms with Gasteiger partial charge in [0, 0.05) is 18.4 Å². The van der Waals surface area contributed by atoms with Gasteiger partial charge in [-0.1, -0.05) is 48.5 Å². The summed E-state index contributed by atoms with van der Waals surface area (Å²) in [6, 6.07) is 18.4. The van der Waals surface area contributed by atoms with Gasteiger partial charge in [-0.25, -0.2) is 0 Å². The highest BCUT2D eigenvalue weighted by atomic mass is 16.5. The van der Waals surface area contributed by atoms with Crippen LogP contribution in [-0.4, -0.2) is 38.6 Å². The SMILES string of the molecule is COCc1ccccc1NC(N)=NCC(c1ccccc1)N(C)C. The molecule has 3 N–H and O–H groups in total. The normalized spacial score (nSPS) is 13.1. The number of nitrogens with two attached hydrogens (primary N) is 1. The van der Waals surface area contributed by atoms with Crippen LogP contribution in [0.3, 0.4) is 0 Å². The van der Waals surface area contributed by atoms with Crippen molar-refractivity contribution in [2.75, 3.05) is 33.1 Å². The third-order valence-electron chi connectivity index (χ3n) is 3.82. The maximum Gasteiger partial charge on any atom is 0.193 e. The molecule has 2 aromatic carbocycles. The summed E-state index contributed by atoms with van der Waals surface area (Å²) in [5.41, 5.74) is 9.26. The molecule has 1 atom stereocenters. The van der Waals surface area contributed by atoms with Gasteiger partial charge in [-0.15, -0.1) is 0 Å². The van der Waals surface area contributed by atoms with Crippen molar-refractivity contribution < 1.29 is 4.74 Å². The molecule has 0 saturated heterocycles. The summed E-state index contributed by atoms with van der Waals surface area (Å²) in [4.78, 5) is 6.66. The maximum absolute atomic E-state index is 6.08. The summed E-state index contributed by atoms with van der Waals surface area (Å²) in [5, 5.41) is 3.17. The smallest absolute Gasteiger partial charge is 0.193 e. The van der Waals surface area contributed by atoms with Crippen LogP contribution in [-0.2, 0) is 11.3 Å². The Morgan fingerprint density at radius 1 is 1.12 bits per heavy atom. The summed E-state index contributed by atoms with van der Waals surface area (Å²) in [6.45, 7) is 1.11. The molecular weight excluding hydrogens is 300 g/mol. The van der Waals surface area contributed by atoms with Gasteiger partial charge in [0.1, 0.15) is 0 Å². The van der Waals surface area contributed by atoms with Gasteiger partial charge in [0.15, 0.2) is 5.96 Å². The predicted octanol–water partition coefficient (Wildman–Crippen LogP) is 2.86. The molecule has 5 heteroatoms. The molecule has 0 amide bonds. The number of hydrogen-bond donors (Lipinski definition) is 2. The average molecular weight is 326 g/mol. The first kappa shape index (κ1) is 18.0. The standard InChI is InChI=1S/C19H26N4O/c1-23(2)18(15-9-5-4-6-10-15)13-21-19(20)22-17-12-8-7-11-16(17)14-24-3/h4-12,18H,13-14H2,1-3H3,(H3,20,21,22). The molecule has 0 aliphatic heterocycles. The summed E-state index contributed by atoms with van der Waals surface area (Å²) in [5.74, 6) is 0.404. The molecule has 1 unspecified atom stereocenters. The number of benzene rings is 2. The lowest BCUT2D eigenvalue weighted by Crippen LogP contribution is -2.27. The third-order valence-corrected chi connectivity index (χ3v) is 3.82. The first-order chi connectivity index (χ1) is 11.6. The third kappa shape index (κ3) is 5.08. The first-order valence-electron chi connectivity index (χ1n) is 7.97. The second kappa shape index (κ2) is 9.05. The number of aliphatic imine (C=N–C) groups is 1. The van der Waals surface area contributed by atoms with E-state index in [1.807, 2.05) is 56.6 Å². The lowest BCUT2D eigenvalue weighted by Gasteiger charge is -2.23. The summed E-state index contributed by atoms with van der Waals surface area (Å²) in [7, 11) is 5.77. The molecule has 0 radical (unpaired) electrons. The van der Waals surface area contributed by atoms with Crippen molar-refractivity contribution in [2.45, 2.75) is 12.6 Å². The molecule has 0 bridgehead atoms. The fourth-order valence-corrected chi connectivity index (χ4v) is 2.53. The van der Waals surface area contributed by atoms with Crippen molar-refractivity contribution in [2.24, 2.45) is 10.7 Å². The number of hydrogen-bond acceptors (Lipinski definition) is 3. The van der Waals surface area contributed by atoms with Crippen molar-refractivity contribution in [1.29, 1.82) is 0 Å². The number of rotatable bonds is 7. The Kier molecular flexibility index (Phi) is 6.78. The zero-order chi connectivity index (χ0) is 17.4. The van der Waals surface area contributed by atoms with Gasteiger partial charge < -0.3 is 20.7 Å². The van der Waals surface area contributed by atoms with E-state index in [2.05, 4.69) is 27.3 Å². The Balaban J connectivity index is 2.07. The molecule has 24 heavy (non-hydrogen) atoms. The van der Waals surface area contributed by atoms with Crippen LogP contribution >= 0.6 is 0 Å². The van der Waals surface area contributed by atoms with Crippen molar-refractivity contribution >= 4 is 11.6 Å². The monoisotopic (exact) mass is 326 g/mol. The van der Waals surface area contributed by atoms with Crippen LogP contribution in [0.4, 0.5) is 5.69 Å². The molecule has 2 rings (SSSR count). The molecule has 0 spiro atoms. The molecule has 0 aliphatic carbocycles. The maximum atomic E-state index is 6.08. The van der Waals surface area contributed by atoms with Crippen LogP contribution in [0, 0.1) is 0 Å². The number of methoxy groups -OCH3 is 1. The zero-order valence-corrected chi connectivity index (χ0v) is 14.6. The van der Waals surface area contributed by atoms with Crippen molar-refractivity contribution in [1.82, 2.24) is 4.90 Å². The number of likely N-dealkylation sites (N-methyl/N-ethyl adjacent to an activating group) is 1. The van der Waals surface area contributed by atoms with E-state index in [1.54, 1.807) is 7.11 Å². The van der Waals surface area contributed by atoms with Crippen LogP contribution in [0.15, 0.2) is 59.6 Å². The van der Waals surface area contributed by atoms with E-state index in [0.29, 0.717) is 19.1 Å². The zero-order valence-electron chi connectivity index (χ0n) is 14.6. The Bertz CT molecular complexity index is 655. The van der Waals surface area contributed by atoms with Crippen LogP contribution in [0.5, 0.6) is 0 Å². The second-order valence-electron chi connectivity index (χ2n) is 5.83. The Labute approximate surface area is 144 Å². The molecule has 5 nitrogen and oxygen atoms in total. The lowest BCUT2D eigenvalue weighted by molar-refractivity contribution is 0.185. The Morgan fingerprint density at radius 2 is 1.79 bits per heavy atom. The molecule has 128 valence electrons. The fraction of sp³-hybridized carbons (Fsp3) is 0.316. The molecule has 0 aromatic heterocycles. The summed E-state index contributed by atoms with van der Waals surface area (Å²) >= 11 is 0. The summed E-state index contributed by atoms with van der Waals surface area (Å²) < 4.78 is 5.21. The van der Waals surface area contributed by atoms with Gasteiger partial charge in [0.05, 0.1) is 19.2 Å². The molecule has 0 saturated carbocycles. The fourth-order valence-electron chi connectivity index (χ4n) is 2.53. The minimum Gasteiger partial charge on any atom is -0.380 e. The van der Waals surface area contributed by atoms with Crippen LogP contribution in [0.1, 0.15) is 17.2 Å². The van der Waals surface area contributed by atoms with Gasteiger partial charge >= 0.3 is 0 Å². The Morgan fingerprint density at radius 3 is 2.46 bits per heavy atom. The average Bonchev–Trinajstić information content (AvgIpc) is 2.58. The van der Waals surface area contributed by atoms with E-state index >= 15 is 0 Å². The van der Waals surface area contributed by atoms with Gasteiger partial charge in [-0.05, 0) is 25.7 Å². The van der Waals surface area contributed by atoms with E-state index in [9.17, 15) is 0 Å². The summed E-state index contributed by atoms with van der Waals surface area (Å²) in [6.07, 6.45) is 0. The molecular formula is C19H26N4O. The topological polar surface area (TPSA) is 62.9 Å². The van der Waals surface area contributed by atoms with E-state index in [1.165, 1.54) is 5.56 Å². The number of nitrogens with one attached hydrogen (secondary N) is 1. The number of guanidine groups is 1. The predicted molar refractivity (Wildman–Crippen MR) is 100 cm³/mol. The number of nitrogens with zero attached hydrogens (tertiary/aromatic N) is 2. The molecule has 0 aliphatic rings. The Hall–Kier alpha value is -2.37. The highest BCUT2D eigenvalue weighted by Gasteiger charge is 2.13. The van der Waals surface area contributed by atoms with Crippen LogP contribution in [0.25, 0.3) is 0 Å². The first-order valence-corrected chi connectivity index (χ1v) is 7.97. The minimum absolute atomic E-state index is 0.181. The van der Waals surface area contributed by atoms with E-state index in [-0.39, 0.29) is 6.04 Å². The van der Waals surface area contributed by atoms with Crippen LogP contribution < -0.4 is 11.1 Å². The van der Waals surface area contributed by atoms with Gasteiger partial charge in [0.2, 0.25) is 0 Å². The van der Waals surface area contributed by atoms with Crippen LogP contribution in [0.2, 0.25) is 0 Å². The lowest BCUT2D eigenvalue weighted by atomic mass is 10.1. The highest BCUT2D eigenvalue weighted by Crippen LogP contribution is 2.19. The quantitative estimate of drug-likeness (QED) is 0.607. The highest BCUT2D eigenvalue weighted by molar-refractivity contribution is 5.93. The molecule has 2 aromatic rings.